The molecule has 24 heavy (non-hydrogen) atoms. The molecule has 0 bridgehead atoms. The third-order valence-corrected chi connectivity index (χ3v) is 4.67. The maximum atomic E-state index is 14.1. The minimum Gasteiger partial charge on any atom is -0.340 e. The van der Waals surface area contributed by atoms with Crippen molar-refractivity contribution in [1.29, 1.82) is 0 Å². The molecule has 3 heterocycles. The second kappa shape index (κ2) is 5.98. The molecule has 0 unspecified atom stereocenters. The lowest BCUT2D eigenvalue weighted by Gasteiger charge is -2.21. The van der Waals surface area contributed by atoms with Crippen LogP contribution in [-0.2, 0) is 13.1 Å². The van der Waals surface area contributed by atoms with Crippen LogP contribution in [0.2, 0.25) is 0 Å². The number of para-hydroxylation sites is 1. The van der Waals surface area contributed by atoms with Gasteiger partial charge in [-0.2, -0.15) is 4.98 Å². The number of hydrogen-bond acceptors (Lipinski definition) is 5. The smallest absolute Gasteiger partial charge is 0.223 e. The fourth-order valence-corrected chi connectivity index (χ4v) is 3.57. The van der Waals surface area contributed by atoms with Gasteiger partial charge in [-0.3, -0.25) is 4.90 Å². The maximum absolute atomic E-state index is 14.1. The predicted molar refractivity (Wildman–Crippen MR) is 86.8 cm³/mol. The molecule has 2 aromatic heterocycles. The van der Waals surface area contributed by atoms with Gasteiger partial charge in [0.25, 0.3) is 0 Å². The van der Waals surface area contributed by atoms with Crippen molar-refractivity contribution in [2.24, 2.45) is 0 Å². The second-order valence-corrected chi connectivity index (χ2v) is 6.18. The number of halogens is 1. The molecule has 3 aromatic rings. The SMILES string of the molecule is CCn1c(CN2CCC[C@H]2c2noc(C)n2)nc2c(F)cccc21. The van der Waals surface area contributed by atoms with Crippen molar-refractivity contribution in [2.75, 3.05) is 6.54 Å². The molecule has 1 saturated heterocycles. The van der Waals surface area contributed by atoms with E-state index in [-0.39, 0.29) is 11.9 Å². The van der Waals surface area contributed by atoms with E-state index in [0.717, 1.165) is 43.1 Å². The average Bonchev–Trinajstić information content (AvgIpc) is 3.26. The zero-order chi connectivity index (χ0) is 16.7. The Labute approximate surface area is 139 Å². The summed E-state index contributed by atoms with van der Waals surface area (Å²) >= 11 is 0. The molecule has 1 fully saturated rings. The topological polar surface area (TPSA) is 60.0 Å². The largest absolute Gasteiger partial charge is 0.340 e. The lowest BCUT2D eigenvalue weighted by Crippen LogP contribution is -2.25. The first-order valence-corrected chi connectivity index (χ1v) is 8.35. The quantitative estimate of drug-likeness (QED) is 0.735. The molecule has 4 rings (SSSR count). The highest BCUT2D eigenvalue weighted by molar-refractivity contribution is 5.76. The van der Waals surface area contributed by atoms with E-state index in [9.17, 15) is 4.39 Å². The summed E-state index contributed by atoms with van der Waals surface area (Å²) in [4.78, 5) is 11.2. The van der Waals surface area contributed by atoms with E-state index in [2.05, 4.69) is 31.5 Å². The van der Waals surface area contributed by atoms with E-state index in [4.69, 9.17) is 4.52 Å². The van der Waals surface area contributed by atoms with Gasteiger partial charge in [0.2, 0.25) is 5.89 Å². The third-order valence-electron chi connectivity index (χ3n) is 4.67. The van der Waals surface area contributed by atoms with E-state index in [1.807, 2.05) is 6.07 Å². The zero-order valence-electron chi connectivity index (χ0n) is 13.9. The summed E-state index contributed by atoms with van der Waals surface area (Å²) < 4.78 is 21.3. The van der Waals surface area contributed by atoms with Gasteiger partial charge in [-0.15, -0.1) is 0 Å². The molecule has 0 spiro atoms. The molecule has 0 N–H and O–H groups in total. The lowest BCUT2D eigenvalue weighted by atomic mass is 10.2. The number of benzene rings is 1. The summed E-state index contributed by atoms with van der Waals surface area (Å²) in [5, 5.41) is 4.07. The van der Waals surface area contributed by atoms with Crippen LogP contribution in [0, 0.1) is 12.7 Å². The Kier molecular flexibility index (Phi) is 3.80. The highest BCUT2D eigenvalue weighted by atomic mass is 19.1. The summed E-state index contributed by atoms with van der Waals surface area (Å²) in [6.45, 7) is 6.22. The van der Waals surface area contributed by atoms with Crippen LogP contribution in [-0.4, -0.2) is 31.1 Å². The van der Waals surface area contributed by atoms with Crippen LogP contribution < -0.4 is 0 Å². The molecule has 0 saturated carbocycles. The van der Waals surface area contributed by atoms with Crippen molar-refractivity contribution in [2.45, 2.75) is 45.8 Å². The Bertz CT molecular complexity index is 871. The number of likely N-dealkylation sites (tertiary alicyclic amines) is 1. The molecular weight excluding hydrogens is 309 g/mol. The Morgan fingerprint density at radius 1 is 1.33 bits per heavy atom. The molecule has 0 amide bonds. The Morgan fingerprint density at radius 3 is 2.96 bits per heavy atom. The summed E-state index contributed by atoms with van der Waals surface area (Å²) in [7, 11) is 0. The molecule has 1 aliphatic heterocycles. The highest BCUT2D eigenvalue weighted by Crippen LogP contribution is 2.32. The number of hydrogen-bond donors (Lipinski definition) is 0. The van der Waals surface area contributed by atoms with Gasteiger partial charge in [0.15, 0.2) is 11.6 Å². The molecule has 1 aliphatic rings. The van der Waals surface area contributed by atoms with Crippen LogP contribution in [0.15, 0.2) is 22.7 Å². The number of rotatable bonds is 4. The van der Waals surface area contributed by atoms with Crippen molar-refractivity contribution >= 4 is 11.0 Å². The van der Waals surface area contributed by atoms with Gasteiger partial charge < -0.3 is 9.09 Å². The van der Waals surface area contributed by atoms with E-state index < -0.39 is 0 Å². The number of aromatic nitrogens is 4. The standard InChI is InChI=1S/C17H20FN5O/c1-3-23-13-7-4-6-12(18)16(13)20-15(23)10-22-9-5-8-14(22)17-19-11(2)24-21-17/h4,6-7,14H,3,5,8-10H2,1-2H3/t14-/m0/s1. The van der Waals surface area contributed by atoms with Gasteiger partial charge in [0.1, 0.15) is 11.3 Å². The third kappa shape index (κ3) is 2.49. The molecular formula is C17H20FN5O. The number of imidazole rings is 1. The van der Waals surface area contributed by atoms with Crippen LogP contribution in [0.5, 0.6) is 0 Å². The highest BCUT2D eigenvalue weighted by Gasteiger charge is 2.31. The van der Waals surface area contributed by atoms with Crippen LogP contribution in [0.25, 0.3) is 11.0 Å². The summed E-state index contributed by atoms with van der Waals surface area (Å²) in [5.41, 5.74) is 1.29. The minimum absolute atomic E-state index is 0.136. The predicted octanol–water partition coefficient (Wildman–Crippen LogP) is 3.22. The van der Waals surface area contributed by atoms with Crippen LogP contribution in [0.4, 0.5) is 4.39 Å². The van der Waals surface area contributed by atoms with Crippen molar-refractivity contribution in [3.63, 3.8) is 0 Å². The fourth-order valence-electron chi connectivity index (χ4n) is 3.57. The molecule has 6 nitrogen and oxygen atoms in total. The molecule has 0 radical (unpaired) electrons. The Balaban J connectivity index is 1.67. The molecule has 7 heteroatoms. The first kappa shape index (κ1) is 15.3. The van der Waals surface area contributed by atoms with E-state index in [0.29, 0.717) is 18.0 Å². The number of aryl methyl sites for hydroxylation is 2. The average molecular weight is 329 g/mol. The van der Waals surface area contributed by atoms with Crippen molar-refractivity contribution < 1.29 is 8.91 Å². The van der Waals surface area contributed by atoms with Gasteiger partial charge in [-0.1, -0.05) is 11.2 Å². The van der Waals surface area contributed by atoms with Gasteiger partial charge in [0, 0.05) is 13.5 Å². The maximum Gasteiger partial charge on any atom is 0.223 e. The summed E-state index contributed by atoms with van der Waals surface area (Å²) in [6, 6.07) is 5.25. The van der Waals surface area contributed by atoms with Crippen molar-refractivity contribution in [3.05, 3.63) is 41.6 Å². The molecule has 126 valence electrons. The monoisotopic (exact) mass is 329 g/mol. The fraction of sp³-hybridized carbons (Fsp3) is 0.471. The molecule has 1 aromatic carbocycles. The number of fused-ring (bicyclic) bond motifs is 1. The van der Waals surface area contributed by atoms with E-state index in [1.165, 1.54) is 6.07 Å². The minimum atomic E-state index is -0.271. The molecule has 0 aliphatic carbocycles. The summed E-state index contributed by atoms with van der Waals surface area (Å²) in [5.74, 6) is 1.92. The van der Waals surface area contributed by atoms with E-state index in [1.54, 1.807) is 13.0 Å². The van der Waals surface area contributed by atoms with Gasteiger partial charge in [-0.25, -0.2) is 9.37 Å². The first-order chi connectivity index (χ1) is 11.7. The lowest BCUT2D eigenvalue weighted by molar-refractivity contribution is 0.226. The number of nitrogens with zero attached hydrogens (tertiary/aromatic N) is 5. The Morgan fingerprint density at radius 2 is 2.21 bits per heavy atom. The van der Waals surface area contributed by atoms with Gasteiger partial charge in [-0.05, 0) is 38.4 Å². The van der Waals surface area contributed by atoms with Crippen molar-refractivity contribution in [1.82, 2.24) is 24.6 Å². The van der Waals surface area contributed by atoms with E-state index >= 15 is 0 Å². The first-order valence-electron chi connectivity index (χ1n) is 8.35. The Hall–Kier alpha value is -2.28. The molecule has 1 atom stereocenters. The van der Waals surface area contributed by atoms with Crippen LogP contribution in [0.1, 0.15) is 43.3 Å². The van der Waals surface area contributed by atoms with Crippen LogP contribution in [0.3, 0.4) is 0 Å². The zero-order valence-corrected chi connectivity index (χ0v) is 13.9. The summed E-state index contributed by atoms with van der Waals surface area (Å²) in [6.07, 6.45) is 2.08. The van der Waals surface area contributed by atoms with Crippen molar-refractivity contribution in [3.8, 4) is 0 Å². The van der Waals surface area contributed by atoms with Gasteiger partial charge in [0.05, 0.1) is 18.1 Å². The van der Waals surface area contributed by atoms with Crippen LogP contribution >= 0.6 is 0 Å². The second-order valence-electron chi connectivity index (χ2n) is 6.18. The normalized spacial score (nSPS) is 18.7. The van der Waals surface area contributed by atoms with Gasteiger partial charge >= 0.3 is 0 Å².